The van der Waals surface area contributed by atoms with Crippen LogP contribution in [0.4, 0.5) is 0 Å². The highest BCUT2D eigenvalue weighted by molar-refractivity contribution is 7.99. The molecular formula is C17H23NOS. The molecule has 0 radical (unpaired) electrons. The van der Waals surface area contributed by atoms with Gasteiger partial charge in [0.25, 0.3) is 0 Å². The number of carbonyl (C=O) groups excluding carboxylic acids is 1. The molecule has 1 saturated carbocycles. The number of thioether (sulfide) groups is 1. The molecule has 3 rings (SSSR count). The fourth-order valence-corrected chi connectivity index (χ4v) is 4.59. The monoisotopic (exact) mass is 289 g/mol. The first kappa shape index (κ1) is 14.0. The van der Waals surface area contributed by atoms with E-state index in [0.717, 1.165) is 38.1 Å². The highest BCUT2D eigenvalue weighted by Crippen LogP contribution is 2.35. The molecule has 0 unspecified atom stereocenters. The molecule has 0 bridgehead atoms. The fraction of sp³-hybridized carbons (Fsp3) is 0.588. The van der Waals surface area contributed by atoms with Crippen molar-refractivity contribution < 1.29 is 4.79 Å². The van der Waals surface area contributed by atoms with E-state index in [2.05, 4.69) is 35.2 Å². The second-order valence-electron chi connectivity index (χ2n) is 5.87. The van der Waals surface area contributed by atoms with E-state index in [1.54, 1.807) is 0 Å². The Hall–Kier alpha value is -0.960. The molecule has 1 heterocycles. The summed E-state index contributed by atoms with van der Waals surface area (Å²) in [6.45, 7) is 1.87. The maximum absolute atomic E-state index is 12.5. The number of hydrogen-bond donors (Lipinski definition) is 0. The number of carbonyl (C=O) groups is 1. The molecule has 2 fully saturated rings. The van der Waals surface area contributed by atoms with Crippen LogP contribution in [-0.4, -0.2) is 29.6 Å². The smallest absolute Gasteiger partial charge is 0.225 e. The Labute approximate surface area is 125 Å². The largest absolute Gasteiger partial charge is 0.342 e. The van der Waals surface area contributed by atoms with Gasteiger partial charge in [0.1, 0.15) is 0 Å². The fourth-order valence-electron chi connectivity index (χ4n) is 3.36. The zero-order valence-corrected chi connectivity index (χ0v) is 12.8. The second-order valence-corrected chi connectivity index (χ2v) is 7.18. The van der Waals surface area contributed by atoms with Crippen molar-refractivity contribution in [3.63, 3.8) is 0 Å². The predicted molar refractivity (Wildman–Crippen MR) is 84.8 cm³/mol. The van der Waals surface area contributed by atoms with Crippen molar-refractivity contribution >= 4 is 17.7 Å². The lowest BCUT2D eigenvalue weighted by atomic mass is 10.1. The lowest BCUT2D eigenvalue weighted by molar-refractivity contribution is -0.135. The lowest BCUT2D eigenvalue weighted by Gasteiger charge is -2.23. The maximum atomic E-state index is 12.5. The summed E-state index contributed by atoms with van der Waals surface area (Å²) < 4.78 is 0. The molecule has 2 nitrogen and oxygen atoms in total. The van der Waals surface area contributed by atoms with Gasteiger partial charge in [0.05, 0.1) is 0 Å². The van der Waals surface area contributed by atoms with E-state index in [1.807, 2.05) is 11.8 Å². The third-order valence-corrected chi connectivity index (χ3v) is 5.86. The van der Waals surface area contributed by atoms with Crippen LogP contribution in [0.25, 0.3) is 0 Å². The van der Waals surface area contributed by atoms with Gasteiger partial charge < -0.3 is 4.90 Å². The van der Waals surface area contributed by atoms with Crippen molar-refractivity contribution in [2.75, 3.05) is 18.8 Å². The molecule has 0 spiro atoms. The van der Waals surface area contributed by atoms with Crippen LogP contribution in [0.2, 0.25) is 0 Å². The SMILES string of the molecule is O=C(C1CCCC1)N1CCS[C@@H](c2ccccc2)CC1. The van der Waals surface area contributed by atoms with E-state index in [1.165, 1.54) is 18.4 Å². The number of nitrogens with zero attached hydrogens (tertiary/aromatic N) is 1. The summed E-state index contributed by atoms with van der Waals surface area (Å²) in [5.41, 5.74) is 1.41. The first-order chi connectivity index (χ1) is 9.84. The van der Waals surface area contributed by atoms with Crippen molar-refractivity contribution in [3.8, 4) is 0 Å². The van der Waals surface area contributed by atoms with E-state index in [0.29, 0.717) is 17.1 Å². The van der Waals surface area contributed by atoms with E-state index in [9.17, 15) is 4.79 Å². The second kappa shape index (κ2) is 6.66. The molecule has 2 aliphatic rings. The zero-order chi connectivity index (χ0) is 13.8. The topological polar surface area (TPSA) is 20.3 Å². The standard InChI is InChI=1S/C17H23NOS/c19-17(15-8-4-5-9-15)18-11-10-16(20-13-12-18)14-6-2-1-3-7-14/h1-3,6-7,15-16H,4-5,8-13H2/t16-/m1/s1. The number of hydrogen-bond acceptors (Lipinski definition) is 2. The van der Waals surface area contributed by atoms with Gasteiger partial charge in [0, 0.05) is 30.0 Å². The van der Waals surface area contributed by atoms with Crippen molar-refractivity contribution in [1.29, 1.82) is 0 Å². The van der Waals surface area contributed by atoms with Crippen LogP contribution >= 0.6 is 11.8 Å². The maximum Gasteiger partial charge on any atom is 0.225 e. The van der Waals surface area contributed by atoms with E-state index >= 15 is 0 Å². The van der Waals surface area contributed by atoms with Gasteiger partial charge in [0.2, 0.25) is 5.91 Å². The summed E-state index contributed by atoms with van der Waals surface area (Å²) in [6, 6.07) is 10.7. The van der Waals surface area contributed by atoms with Gasteiger partial charge in [-0.3, -0.25) is 4.79 Å². The van der Waals surface area contributed by atoms with Crippen LogP contribution in [0.15, 0.2) is 30.3 Å². The average Bonchev–Trinajstić information content (AvgIpc) is 2.92. The van der Waals surface area contributed by atoms with Crippen LogP contribution in [0.5, 0.6) is 0 Å². The van der Waals surface area contributed by atoms with Gasteiger partial charge in [-0.15, -0.1) is 0 Å². The van der Waals surface area contributed by atoms with Gasteiger partial charge in [0.15, 0.2) is 0 Å². The summed E-state index contributed by atoms with van der Waals surface area (Å²) in [4.78, 5) is 14.6. The first-order valence-electron chi connectivity index (χ1n) is 7.80. The van der Waals surface area contributed by atoms with Crippen molar-refractivity contribution in [3.05, 3.63) is 35.9 Å². The Bertz CT molecular complexity index is 442. The zero-order valence-electron chi connectivity index (χ0n) is 12.0. The normalized spacial score (nSPS) is 24.6. The van der Waals surface area contributed by atoms with Gasteiger partial charge in [-0.1, -0.05) is 43.2 Å². The molecule has 1 saturated heterocycles. The van der Waals surface area contributed by atoms with E-state index in [-0.39, 0.29) is 0 Å². The number of amides is 1. The van der Waals surface area contributed by atoms with Crippen LogP contribution in [-0.2, 0) is 4.79 Å². The van der Waals surface area contributed by atoms with Gasteiger partial charge in [-0.2, -0.15) is 11.8 Å². The molecule has 0 aromatic heterocycles. The number of benzene rings is 1. The highest BCUT2D eigenvalue weighted by atomic mass is 32.2. The summed E-state index contributed by atoms with van der Waals surface area (Å²) >= 11 is 2.01. The van der Waals surface area contributed by atoms with Gasteiger partial charge >= 0.3 is 0 Å². The summed E-state index contributed by atoms with van der Waals surface area (Å²) in [5.74, 6) is 1.82. The third kappa shape index (κ3) is 3.20. The summed E-state index contributed by atoms with van der Waals surface area (Å²) in [5, 5.41) is 0.553. The minimum atomic E-state index is 0.327. The van der Waals surface area contributed by atoms with Crippen LogP contribution < -0.4 is 0 Å². The van der Waals surface area contributed by atoms with Crippen LogP contribution in [0, 0.1) is 5.92 Å². The molecule has 1 aliphatic heterocycles. The Balaban J connectivity index is 1.60. The third-order valence-electron chi connectivity index (χ3n) is 4.53. The number of rotatable bonds is 2. The summed E-state index contributed by atoms with van der Waals surface area (Å²) in [7, 11) is 0. The summed E-state index contributed by atoms with van der Waals surface area (Å²) in [6.07, 6.45) is 5.81. The Morgan fingerprint density at radius 1 is 1.05 bits per heavy atom. The predicted octanol–water partition coefficient (Wildman–Crippen LogP) is 3.88. The molecule has 1 atom stereocenters. The molecule has 1 aromatic rings. The molecule has 0 N–H and O–H groups in total. The van der Waals surface area contributed by atoms with Gasteiger partial charge in [-0.25, -0.2) is 0 Å². The van der Waals surface area contributed by atoms with Crippen LogP contribution in [0.1, 0.15) is 42.9 Å². The van der Waals surface area contributed by atoms with Gasteiger partial charge in [-0.05, 0) is 24.8 Å². The minimum Gasteiger partial charge on any atom is -0.342 e. The lowest BCUT2D eigenvalue weighted by Crippen LogP contribution is -2.36. The molecule has 20 heavy (non-hydrogen) atoms. The minimum absolute atomic E-state index is 0.327. The van der Waals surface area contributed by atoms with Crippen LogP contribution in [0.3, 0.4) is 0 Å². The van der Waals surface area contributed by atoms with Crippen molar-refractivity contribution in [2.45, 2.75) is 37.4 Å². The Morgan fingerprint density at radius 2 is 1.80 bits per heavy atom. The Kier molecular flexibility index (Phi) is 4.66. The molecular weight excluding hydrogens is 266 g/mol. The first-order valence-corrected chi connectivity index (χ1v) is 8.85. The van der Waals surface area contributed by atoms with Crippen molar-refractivity contribution in [1.82, 2.24) is 4.90 Å². The molecule has 1 aromatic carbocycles. The molecule has 1 amide bonds. The van der Waals surface area contributed by atoms with E-state index < -0.39 is 0 Å². The van der Waals surface area contributed by atoms with Crippen molar-refractivity contribution in [2.24, 2.45) is 5.92 Å². The van der Waals surface area contributed by atoms with E-state index in [4.69, 9.17) is 0 Å². The quantitative estimate of drug-likeness (QED) is 0.823. The highest BCUT2D eigenvalue weighted by Gasteiger charge is 2.29. The average molecular weight is 289 g/mol. The molecule has 108 valence electrons. The molecule has 1 aliphatic carbocycles. The molecule has 3 heteroatoms. The Morgan fingerprint density at radius 3 is 2.55 bits per heavy atom.